The standard InChI is InChI=1S/C37H22N2/c38-21-24-18-28(23-39-22-24)27-15-17-36-32(20-27)31-19-26(25-8-2-1-3-9-25)14-16-35(31)37(36)33-12-6-4-10-29(33)30-11-5-7-13-34(30)37/h1-20,22-23H. The Balaban J connectivity index is 1.46. The lowest BCUT2D eigenvalue weighted by Crippen LogP contribution is -2.25. The summed E-state index contributed by atoms with van der Waals surface area (Å²) in [6.07, 6.45) is 3.45. The third-order valence-electron chi connectivity index (χ3n) is 8.40. The summed E-state index contributed by atoms with van der Waals surface area (Å²) < 4.78 is 0. The van der Waals surface area contributed by atoms with Crippen molar-refractivity contribution in [3.63, 3.8) is 0 Å². The number of benzene rings is 5. The molecule has 2 aliphatic carbocycles. The normalized spacial score (nSPS) is 13.3. The second-order valence-corrected chi connectivity index (χ2v) is 10.3. The van der Waals surface area contributed by atoms with E-state index in [0.717, 1.165) is 11.1 Å². The van der Waals surface area contributed by atoms with E-state index in [2.05, 4.69) is 126 Å². The van der Waals surface area contributed by atoms with Gasteiger partial charge in [0.05, 0.1) is 11.0 Å². The quantitative estimate of drug-likeness (QED) is 0.241. The van der Waals surface area contributed by atoms with Gasteiger partial charge in [-0.2, -0.15) is 5.26 Å². The first-order valence-corrected chi connectivity index (χ1v) is 13.2. The van der Waals surface area contributed by atoms with E-state index < -0.39 is 0 Å². The molecule has 0 N–H and O–H groups in total. The van der Waals surface area contributed by atoms with Crippen LogP contribution in [0.1, 0.15) is 27.8 Å². The van der Waals surface area contributed by atoms with Crippen molar-refractivity contribution in [2.75, 3.05) is 0 Å². The Morgan fingerprint density at radius 3 is 1.62 bits per heavy atom. The first-order chi connectivity index (χ1) is 19.3. The molecule has 0 fully saturated rings. The molecule has 0 bridgehead atoms. The lowest BCUT2D eigenvalue weighted by molar-refractivity contribution is 0.794. The van der Waals surface area contributed by atoms with Crippen molar-refractivity contribution >= 4 is 0 Å². The van der Waals surface area contributed by atoms with Crippen LogP contribution in [0, 0.1) is 11.3 Å². The van der Waals surface area contributed by atoms with Crippen LogP contribution in [0.3, 0.4) is 0 Å². The van der Waals surface area contributed by atoms with Gasteiger partial charge in [-0.15, -0.1) is 0 Å². The fourth-order valence-corrected chi connectivity index (χ4v) is 6.80. The van der Waals surface area contributed by atoms with E-state index in [9.17, 15) is 5.26 Å². The van der Waals surface area contributed by atoms with E-state index in [1.807, 2.05) is 12.3 Å². The molecule has 2 nitrogen and oxygen atoms in total. The van der Waals surface area contributed by atoms with Gasteiger partial charge in [-0.25, -0.2) is 0 Å². The fourth-order valence-electron chi connectivity index (χ4n) is 6.80. The summed E-state index contributed by atoms with van der Waals surface area (Å²) >= 11 is 0. The molecule has 6 aromatic rings. The molecular formula is C37H22N2. The van der Waals surface area contributed by atoms with Gasteiger partial charge in [0, 0.05) is 18.0 Å². The van der Waals surface area contributed by atoms with E-state index in [-0.39, 0.29) is 5.41 Å². The second kappa shape index (κ2) is 8.12. The summed E-state index contributed by atoms with van der Waals surface area (Å²) in [6.45, 7) is 0. The molecule has 2 heteroatoms. The average Bonchev–Trinajstić information content (AvgIpc) is 3.48. The number of aromatic nitrogens is 1. The van der Waals surface area contributed by atoms with E-state index in [4.69, 9.17) is 0 Å². The summed E-state index contributed by atoms with van der Waals surface area (Å²) in [7, 11) is 0. The molecule has 0 unspecified atom stereocenters. The third kappa shape index (κ3) is 2.93. The van der Waals surface area contributed by atoms with Gasteiger partial charge in [0.1, 0.15) is 6.07 Å². The van der Waals surface area contributed by atoms with Crippen molar-refractivity contribution in [2.45, 2.75) is 5.41 Å². The highest BCUT2D eigenvalue weighted by atomic mass is 14.6. The zero-order valence-electron chi connectivity index (χ0n) is 21.1. The fraction of sp³-hybridized carbons (Fsp3) is 0.0270. The van der Waals surface area contributed by atoms with Crippen LogP contribution in [-0.2, 0) is 5.41 Å². The molecule has 1 heterocycles. The molecule has 0 saturated heterocycles. The van der Waals surface area contributed by atoms with Crippen molar-refractivity contribution < 1.29 is 0 Å². The topological polar surface area (TPSA) is 36.7 Å². The Kier molecular flexibility index (Phi) is 4.54. The molecule has 2 aliphatic rings. The highest BCUT2D eigenvalue weighted by Gasteiger charge is 2.51. The summed E-state index contributed by atoms with van der Waals surface area (Å²) in [5, 5.41) is 9.47. The Bertz CT molecular complexity index is 1930. The molecule has 180 valence electrons. The number of pyridine rings is 1. The number of hydrogen-bond donors (Lipinski definition) is 0. The van der Waals surface area contributed by atoms with Gasteiger partial charge in [0.15, 0.2) is 0 Å². The molecule has 8 rings (SSSR count). The van der Waals surface area contributed by atoms with Gasteiger partial charge in [-0.3, -0.25) is 4.98 Å². The maximum absolute atomic E-state index is 9.47. The molecular weight excluding hydrogens is 472 g/mol. The van der Waals surface area contributed by atoms with E-state index in [1.165, 1.54) is 55.6 Å². The van der Waals surface area contributed by atoms with Crippen LogP contribution in [0.2, 0.25) is 0 Å². The molecule has 0 radical (unpaired) electrons. The largest absolute Gasteiger partial charge is 0.263 e. The minimum Gasteiger partial charge on any atom is -0.263 e. The predicted molar refractivity (Wildman–Crippen MR) is 156 cm³/mol. The molecule has 0 aliphatic heterocycles. The predicted octanol–water partition coefficient (Wildman–Crippen LogP) is 8.63. The van der Waals surface area contributed by atoms with Crippen LogP contribution < -0.4 is 0 Å². The smallest absolute Gasteiger partial charge is 0.101 e. The third-order valence-corrected chi connectivity index (χ3v) is 8.40. The summed E-state index contributed by atoms with van der Waals surface area (Å²) in [5.74, 6) is 0. The number of hydrogen-bond acceptors (Lipinski definition) is 2. The van der Waals surface area contributed by atoms with Gasteiger partial charge in [0.2, 0.25) is 0 Å². The first-order valence-electron chi connectivity index (χ1n) is 13.2. The number of nitrogens with zero attached hydrogens (tertiary/aromatic N) is 2. The maximum atomic E-state index is 9.47. The summed E-state index contributed by atoms with van der Waals surface area (Å²) in [6, 6.07) is 46.2. The Morgan fingerprint density at radius 2 is 1.00 bits per heavy atom. The van der Waals surface area contributed by atoms with Gasteiger partial charge in [-0.05, 0) is 79.4 Å². The van der Waals surface area contributed by atoms with Crippen LogP contribution in [0.25, 0.3) is 44.5 Å². The lowest BCUT2D eigenvalue weighted by atomic mass is 9.70. The molecule has 39 heavy (non-hydrogen) atoms. The van der Waals surface area contributed by atoms with Crippen LogP contribution in [0.4, 0.5) is 0 Å². The Hall–Kier alpha value is -5.26. The van der Waals surface area contributed by atoms with E-state index >= 15 is 0 Å². The van der Waals surface area contributed by atoms with E-state index in [0.29, 0.717) is 5.56 Å². The summed E-state index contributed by atoms with van der Waals surface area (Å²) in [4.78, 5) is 4.33. The minimum absolute atomic E-state index is 0.377. The first kappa shape index (κ1) is 21.8. The van der Waals surface area contributed by atoms with Gasteiger partial charge < -0.3 is 0 Å². The van der Waals surface area contributed by atoms with E-state index in [1.54, 1.807) is 6.20 Å². The molecule has 0 atom stereocenters. The SMILES string of the molecule is N#Cc1cncc(-c2ccc3c(c2)-c2cc(-c4ccccc4)ccc2C32c3ccccc3-c3ccccc32)c1. The van der Waals surface area contributed by atoms with Crippen molar-refractivity contribution in [2.24, 2.45) is 0 Å². The van der Waals surface area contributed by atoms with Gasteiger partial charge in [-0.1, -0.05) is 103 Å². The van der Waals surface area contributed by atoms with Crippen LogP contribution in [0.15, 0.2) is 134 Å². The van der Waals surface area contributed by atoms with Gasteiger partial charge in [0.25, 0.3) is 0 Å². The number of fused-ring (bicyclic) bond motifs is 10. The highest BCUT2D eigenvalue weighted by Crippen LogP contribution is 2.63. The van der Waals surface area contributed by atoms with Crippen LogP contribution in [0.5, 0.6) is 0 Å². The molecule has 1 aromatic heterocycles. The molecule has 0 saturated carbocycles. The maximum Gasteiger partial charge on any atom is 0.101 e. The van der Waals surface area contributed by atoms with Crippen molar-refractivity contribution in [3.05, 3.63) is 162 Å². The zero-order valence-corrected chi connectivity index (χ0v) is 21.1. The van der Waals surface area contributed by atoms with Crippen LogP contribution >= 0.6 is 0 Å². The zero-order chi connectivity index (χ0) is 26.0. The van der Waals surface area contributed by atoms with Crippen LogP contribution in [-0.4, -0.2) is 4.98 Å². The van der Waals surface area contributed by atoms with Crippen molar-refractivity contribution in [1.82, 2.24) is 4.98 Å². The molecule has 0 amide bonds. The lowest BCUT2D eigenvalue weighted by Gasteiger charge is -2.30. The van der Waals surface area contributed by atoms with Crippen molar-refractivity contribution in [1.29, 1.82) is 5.26 Å². The molecule has 5 aromatic carbocycles. The Labute approximate surface area is 227 Å². The molecule has 1 spiro atoms. The monoisotopic (exact) mass is 494 g/mol. The minimum atomic E-state index is -0.377. The number of rotatable bonds is 2. The highest BCUT2D eigenvalue weighted by molar-refractivity contribution is 5.97. The Morgan fingerprint density at radius 1 is 0.462 bits per heavy atom. The van der Waals surface area contributed by atoms with Crippen molar-refractivity contribution in [3.8, 4) is 50.6 Å². The average molecular weight is 495 g/mol. The summed E-state index contributed by atoms with van der Waals surface area (Å²) in [5.41, 5.74) is 15.0. The second-order valence-electron chi connectivity index (χ2n) is 10.3. The number of nitriles is 1. The van der Waals surface area contributed by atoms with Gasteiger partial charge >= 0.3 is 0 Å².